The molecule has 10 nitrogen and oxygen atoms in total. The molecule has 1 atom stereocenters. The molecule has 3 amide bonds. The molecule has 50 heavy (non-hydrogen) atoms. The predicted octanol–water partition coefficient (Wildman–Crippen LogP) is 7.45. The van der Waals surface area contributed by atoms with E-state index in [0.717, 1.165) is 12.8 Å². The van der Waals surface area contributed by atoms with Crippen molar-refractivity contribution in [3.05, 3.63) is 52.3 Å². The topological polar surface area (TPSA) is 97.9 Å². The summed E-state index contributed by atoms with van der Waals surface area (Å²) in [7, 11) is 1.60. The van der Waals surface area contributed by atoms with E-state index in [1.54, 1.807) is 23.0 Å². The smallest absolute Gasteiger partial charge is 0.410 e. The molecule has 0 N–H and O–H groups in total. The highest BCUT2D eigenvalue weighted by molar-refractivity contribution is 6.34. The number of amides is 3. The van der Waals surface area contributed by atoms with Gasteiger partial charge in [0.05, 0.1) is 23.2 Å². The second-order valence-corrected chi connectivity index (χ2v) is 14.6. The molecule has 0 aliphatic carbocycles. The van der Waals surface area contributed by atoms with Crippen molar-refractivity contribution in [1.29, 1.82) is 0 Å². The number of likely N-dealkylation sites (tertiary alicyclic amines) is 1. The molecule has 2 aliphatic heterocycles. The number of methoxy groups -OCH3 is 1. The van der Waals surface area contributed by atoms with E-state index in [9.17, 15) is 14.4 Å². The zero-order valence-corrected chi connectivity index (χ0v) is 31.3. The Labute approximate surface area is 301 Å². The maximum Gasteiger partial charge on any atom is 0.410 e. The van der Waals surface area contributed by atoms with Gasteiger partial charge in [0.15, 0.2) is 0 Å². The van der Waals surface area contributed by atoms with Gasteiger partial charge >= 0.3 is 6.09 Å². The van der Waals surface area contributed by atoms with E-state index in [1.165, 1.54) is 24.3 Å². The van der Waals surface area contributed by atoms with Gasteiger partial charge in [-0.25, -0.2) is 9.18 Å². The fourth-order valence-electron chi connectivity index (χ4n) is 6.66. The van der Waals surface area contributed by atoms with Crippen LogP contribution in [0.4, 0.5) is 9.18 Å². The molecule has 2 heterocycles. The summed E-state index contributed by atoms with van der Waals surface area (Å²) in [6, 6.07) is 6.95. The molecular weight excluding hydrogens is 665 g/mol. The van der Waals surface area contributed by atoms with Gasteiger partial charge in [-0.15, -0.1) is 0 Å². The van der Waals surface area contributed by atoms with Crippen LogP contribution in [0, 0.1) is 5.82 Å². The molecule has 0 bridgehead atoms. The number of hydrogen-bond acceptors (Lipinski definition) is 7. The molecule has 0 saturated carbocycles. The molecule has 0 spiro atoms. The van der Waals surface area contributed by atoms with Gasteiger partial charge in [-0.2, -0.15) is 0 Å². The standard InChI is InChI=1S/C38H53ClFN3O7/c1-8-42(27-14-19-48-20-15-27)35(44)26-12-13-33(40)29(21-26)30-22-32(39)31(23-34(30)49-18-10-17-47-7)36(45)43(25(2)3)28-11-9-16-41(24-28)37(46)50-38(4,5)6/h12-13,21-23,25,27-28H,8-11,14-20,24H2,1-7H3/t28-/m1/s1. The molecule has 276 valence electrons. The maximum absolute atomic E-state index is 15.7. The first-order valence-electron chi connectivity index (χ1n) is 17.7. The highest BCUT2D eigenvalue weighted by atomic mass is 35.5. The van der Waals surface area contributed by atoms with Gasteiger partial charge < -0.3 is 33.6 Å². The van der Waals surface area contributed by atoms with E-state index >= 15 is 4.39 Å². The molecule has 2 aromatic rings. The van der Waals surface area contributed by atoms with Crippen LogP contribution in [0.2, 0.25) is 5.02 Å². The SMILES string of the molecule is CCN(C(=O)c1ccc(F)c(-c2cc(Cl)c(C(=O)N(C(C)C)[C@@H]3CCCN(C(=O)OC(C)(C)C)C3)cc2OCCCOC)c1)C1CCOCC1. The Morgan fingerprint density at radius 1 is 1.02 bits per heavy atom. The van der Waals surface area contributed by atoms with E-state index in [2.05, 4.69) is 0 Å². The van der Waals surface area contributed by atoms with Crippen LogP contribution in [-0.4, -0.2) is 110 Å². The van der Waals surface area contributed by atoms with Gasteiger partial charge in [-0.05, 0) is 97.6 Å². The van der Waals surface area contributed by atoms with Crippen molar-refractivity contribution < 1.29 is 37.7 Å². The second-order valence-electron chi connectivity index (χ2n) is 14.2. The largest absolute Gasteiger partial charge is 0.493 e. The number of carbonyl (C=O) groups excluding carboxylic acids is 3. The van der Waals surface area contributed by atoms with Crippen LogP contribution in [0.5, 0.6) is 5.75 Å². The lowest BCUT2D eigenvalue weighted by Crippen LogP contribution is -2.54. The molecule has 12 heteroatoms. The second kappa shape index (κ2) is 17.7. The van der Waals surface area contributed by atoms with Crippen LogP contribution < -0.4 is 4.74 Å². The van der Waals surface area contributed by atoms with Crippen molar-refractivity contribution in [1.82, 2.24) is 14.7 Å². The maximum atomic E-state index is 15.7. The van der Waals surface area contributed by atoms with Crippen molar-refractivity contribution in [3.8, 4) is 16.9 Å². The number of carbonyl (C=O) groups is 3. The van der Waals surface area contributed by atoms with Crippen LogP contribution in [-0.2, 0) is 14.2 Å². The Kier molecular flexibility index (Phi) is 13.9. The van der Waals surface area contributed by atoms with Crippen molar-refractivity contribution in [2.24, 2.45) is 0 Å². The zero-order chi connectivity index (χ0) is 36.6. The summed E-state index contributed by atoms with van der Waals surface area (Å²) < 4.78 is 38.2. The molecule has 2 aromatic carbocycles. The number of hydrogen-bond donors (Lipinski definition) is 0. The minimum absolute atomic E-state index is 0.0402. The highest BCUT2D eigenvalue weighted by Gasteiger charge is 2.35. The lowest BCUT2D eigenvalue weighted by atomic mass is 9.97. The quantitative estimate of drug-likeness (QED) is 0.211. The lowest BCUT2D eigenvalue weighted by molar-refractivity contribution is 0.00751. The number of piperidine rings is 1. The third-order valence-corrected chi connectivity index (χ3v) is 9.33. The Morgan fingerprint density at radius 2 is 1.74 bits per heavy atom. The van der Waals surface area contributed by atoms with Crippen LogP contribution in [0.25, 0.3) is 11.1 Å². The Balaban J connectivity index is 1.70. The van der Waals surface area contributed by atoms with Gasteiger partial charge in [0.2, 0.25) is 0 Å². The Morgan fingerprint density at radius 3 is 2.38 bits per heavy atom. The molecule has 4 rings (SSSR count). The minimum Gasteiger partial charge on any atom is -0.493 e. The molecule has 2 fully saturated rings. The summed E-state index contributed by atoms with van der Waals surface area (Å²) in [5.74, 6) is -0.812. The average Bonchev–Trinajstić information content (AvgIpc) is 3.07. The third-order valence-electron chi connectivity index (χ3n) is 9.02. The fraction of sp³-hybridized carbons (Fsp3) is 0.605. The van der Waals surface area contributed by atoms with Gasteiger partial charge in [0.1, 0.15) is 17.2 Å². The van der Waals surface area contributed by atoms with E-state index < -0.39 is 17.5 Å². The van der Waals surface area contributed by atoms with Crippen LogP contribution in [0.15, 0.2) is 30.3 Å². The van der Waals surface area contributed by atoms with Crippen LogP contribution in [0.3, 0.4) is 0 Å². The molecule has 0 aromatic heterocycles. The van der Waals surface area contributed by atoms with Gasteiger partial charge in [-0.3, -0.25) is 9.59 Å². The molecule has 2 aliphatic rings. The van der Waals surface area contributed by atoms with E-state index in [0.29, 0.717) is 69.8 Å². The Hall–Kier alpha value is -3.41. The first-order valence-corrected chi connectivity index (χ1v) is 18.1. The zero-order valence-electron chi connectivity index (χ0n) is 30.6. The van der Waals surface area contributed by atoms with Gasteiger partial charge in [-0.1, -0.05) is 11.6 Å². The highest BCUT2D eigenvalue weighted by Crippen LogP contribution is 2.38. The number of nitrogens with zero attached hydrogens (tertiary/aromatic N) is 3. The Bertz CT molecular complexity index is 1490. The third kappa shape index (κ3) is 9.88. The number of ether oxygens (including phenoxy) is 4. The van der Waals surface area contributed by atoms with E-state index in [4.69, 9.17) is 30.5 Å². The van der Waals surface area contributed by atoms with Crippen LogP contribution >= 0.6 is 11.6 Å². The molecule has 0 radical (unpaired) electrons. The summed E-state index contributed by atoms with van der Waals surface area (Å²) in [5.41, 5.74) is 0.371. The first kappa shape index (κ1) is 39.4. The summed E-state index contributed by atoms with van der Waals surface area (Å²) in [6.07, 6.45) is 3.04. The van der Waals surface area contributed by atoms with Gasteiger partial charge in [0, 0.05) is 81.8 Å². The minimum atomic E-state index is -0.640. The number of benzene rings is 2. The monoisotopic (exact) mass is 717 g/mol. The van der Waals surface area contributed by atoms with E-state index in [1.807, 2.05) is 46.4 Å². The van der Waals surface area contributed by atoms with E-state index in [-0.39, 0.29) is 58.4 Å². The van der Waals surface area contributed by atoms with Crippen molar-refractivity contribution in [3.63, 3.8) is 0 Å². The van der Waals surface area contributed by atoms with Crippen molar-refractivity contribution >= 4 is 29.5 Å². The number of halogens is 2. The van der Waals surface area contributed by atoms with Crippen molar-refractivity contribution in [2.75, 3.05) is 53.2 Å². The molecule has 0 unspecified atom stereocenters. The van der Waals surface area contributed by atoms with Crippen molar-refractivity contribution in [2.45, 2.75) is 97.4 Å². The molecule has 2 saturated heterocycles. The van der Waals surface area contributed by atoms with Gasteiger partial charge in [0.25, 0.3) is 11.8 Å². The average molecular weight is 718 g/mol. The summed E-state index contributed by atoms with van der Waals surface area (Å²) in [6.45, 7) is 14.5. The summed E-state index contributed by atoms with van der Waals surface area (Å²) >= 11 is 6.88. The summed E-state index contributed by atoms with van der Waals surface area (Å²) in [4.78, 5) is 46.2. The predicted molar refractivity (Wildman–Crippen MR) is 192 cm³/mol. The first-order chi connectivity index (χ1) is 23.7. The molecular formula is C38H53ClFN3O7. The normalized spacial score (nSPS) is 17.1. The lowest BCUT2D eigenvalue weighted by Gasteiger charge is -2.41. The van der Waals surface area contributed by atoms with Crippen LogP contribution in [0.1, 0.15) is 94.4 Å². The fourth-order valence-corrected chi connectivity index (χ4v) is 6.91. The summed E-state index contributed by atoms with van der Waals surface area (Å²) in [5, 5.41) is 0.119. The number of rotatable bonds is 12.